The zero-order chi connectivity index (χ0) is 24.1. The molecule has 4 rings (SSSR count). The van der Waals surface area contributed by atoms with Gasteiger partial charge in [0.15, 0.2) is 0 Å². The van der Waals surface area contributed by atoms with Crippen LogP contribution in [0.25, 0.3) is 10.9 Å². The molecule has 1 fully saturated rings. The second-order valence-corrected chi connectivity index (χ2v) is 7.80. The van der Waals surface area contributed by atoms with E-state index in [0.717, 1.165) is 10.8 Å². The van der Waals surface area contributed by atoms with Crippen molar-refractivity contribution in [3.8, 4) is 0 Å². The lowest BCUT2D eigenvalue weighted by Crippen LogP contribution is -2.53. The number of aromatic nitrogens is 3. The molecule has 33 heavy (non-hydrogen) atoms. The van der Waals surface area contributed by atoms with Crippen molar-refractivity contribution in [1.82, 2.24) is 14.5 Å². The molecular weight excluding hydrogens is 446 g/mol. The summed E-state index contributed by atoms with van der Waals surface area (Å²) in [4.78, 5) is 35.3. The largest absolute Gasteiger partial charge is 0.477 e. The number of hydrogen-bond donors (Lipinski definition) is 1. The quantitative estimate of drug-likeness (QED) is 0.595. The van der Waals surface area contributed by atoms with E-state index in [4.69, 9.17) is 0 Å². The van der Waals surface area contributed by atoms with Gasteiger partial charge in [0, 0.05) is 51.3 Å². The van der Waals surface area contributed by atoms with E-state index >= 15 is 4.39 Å². The minimum Gasteiger partial charge on any atom is -0.477 e. The first-order chi connectivity index (χ1) is 15.5. The maximum atomic E-state index is 15.2. The minimum absolute atomic E-state index is 0.0465. The van der Waals surface area contributed by atoms with Crippen molar-refractivity contribution in [2.75, 3.05) is 29.4 Å². The molecule has 0 aliphatic carbocycles. The molecule has 0 spiro atoms. The topological polar surface area (TPSA) is 91.6 Å². The van der Waals surface area contributed by atoms with Crippen LogP contribution in [0.1, 0.15) is 22.8 Å². The number of aromatic carboxylic acids is 1. The third-order valence-corrected chi connectivity index (χ3v) is 5.66. The number of benzene rings is 1. The molecule has 1 aliphatic rings. The van der Waals surface area contributed by atoms with Crippen LogP contribution in [-0.4, -0.2) is 51.3 Å². The van der Waals surface area contributed by atoms with Crippen molar-refractivity contribution in [3.63, 3.8) is 0 Å². The number of fused-ring (bicyclic) bond motifs is 1. The molecule has 174 valence electrons. The van der Waals surface area contributed by atoms with Crippen molar-refractivity contribution < 1.29 is 27.5 Å². The van der Waals surface area contributed by atoms with Crippen molar-refractivity contribution in [2.24, 2.45) is 7.05 Å². The fourth-order valence-electron chi connectivity index (χ4n) is 4.26. The SMILES string of the molecule is C[C@@H]1CN(c2c(F)cc3c(=O)c(C(=O)O)cn(C)c3c2C(F)(F)F)CCN1c1ncccn1. The first-order valence-corrected chi connectivity index (χ1v) is 9.95. The van der Waals surface area contributed by atoms with Crippen LogP contribution in [0.15, 0.2) is 35.5 Å². The summed E-state index contributed by atoms with van der Waals surface area (Å²) < 4.78 is 58.9. The Bertz CT molecular complexity index is 1290. The third-order valence-electron chi connectivity index (χ3n) is 5.66. The van der Waals surface area contributed by atoms with Gasteiger partial charge >= 0.3 is 12.1 Å². The first kappa shape index (κ1) is 22.5. The molecule has 0 amide bonds. The Morgan fingerprint density at radius 2 is 1.88 bits per heavy atom. The molecule has 0 saturated carbocycles. The van der Waals surface area contributed by atoms with Gasteiger partial charge in [0.25, 0.3) is 0 Å². The molecule has 8 nitrogen and oxygen atoms in total. The van der Waals surface area contributed by atoms with Crippen LogP contribution in [0.5, 0.6) is 0 Å². The van der Waals surface area contributed by atoms with E-state index in [9.17, 15) is 27.9 Å². The van der Waals surface area contributed by atoms with Crippen molar-refractivity contribution in [2.45, 2.75) is 19.1 Å². The van der Waals surface area contributed by atoms with Crippen LogP contribution in [0.2, 0.25) is 0 Å². The van der Waals surface area contributed by atoms with Crippen molar-refractivity contribution in [3.05, 3.63) is 57.9 Å². The number of aryl methyl sites for hydroxylation is 1. The lowest BCUT2D eigenvalue weighted by molar-refractivity contribution is -0.136. The lowest BCUT2D eigenvalue weighted by Gasteiger charge is -2.41. The van der Waals surface area contributed by atoms with E-state index in [1.54, 1.807) is 25.4 Å². The van der Waals surface area contributed by atoms with Crippen LogP contribution < -0.4 is 15.2 Å². The van der Waals surface area contributed by atoms with Gasteiger partial charge in [0.05, 0.1) is 16.6 Å². The number of alkyl halides is 3. The average Bonchev–Trinajstić information content (AvgIpc) is 2.75. The van der Waals surface area contributed by atoms with Crippen LogP contribution in [0.4, 0.5) is 29.2 Å². The summed E-state index contributed by atoms with van der Waals surface area (Å²) >= 11 is 0. The Hall–Kier alpha value is -3.70. The van der Waals surface area contributed by atoms with E-state index in [1.807, 2.05) is 4.90 Å². The van der Waals surface area contributed by atoms with Crippen LogP contribution >= 0.6 is 0 Å². The molecule has 12 heteroatoms. The zero-order valence-electron chi connectivity index (χ0n) is 17.6. The smallest absolute Gasteiger partial charge is 0.420 e. The highest BCUT2D eigenvalue weighted by Crippen LogP contribution is 2.43. The summed E-state index contributed by atoms with van der Waals surface area (Å²) in [6.45, 7) is 2.11. The Morgan fingerprint density at radius 1 is 1.21 bits per heavy atom. The summed E-state index contributed by atoms with van der Waals surface area (Å²) in [7, 11) is 1.19. The third kappa shape index (κ3) is 3.85. The number of carboxylic acids is 1. The molecule has 1 atom stereocenters. The van der Waals surface area contributed by atoms with Crippen LogP contribution in [-0.2, 0) is 13.2 Å². The number of carboxylic acid groups (broad SMARTS) is 1. The molecule has 3 heterocycles. The molecule has 1 aliphatic heterocycles. The molecule has 3 aromatic rings. The predicted octanol–water partition coefficient (Wildman–Crippen LogP) is 2.90. The van der Waals surface area contributed by atoms with E-state index < -0.39 is 51.1 Å². The molecule has 0 unspecified atom stereocenters. The monoisotopic (exact) mass is 465 g/mol. The highest BCUT2D eigenvalue weighted by molar-refractivity contribution is 5.95. The van der Waals surface area contributed by atoms with Gasteiger partial charge in [0.2, 0.25) is 11.4 Å². The lowest BCUT2D eigenvalue weighted by atomic mass is 10.0. The van der Waals surface area contributed by atoms with E-state index in [1.165, 1.54) is 11.9 Å². The van der Waals surface area contributed by atoms with Gasteiger partial charge in [-0.15, -0.1) is 0 Å². The number of carbonyl (C=O) groups is 1. The van der Waals surface area contributed by atoms with Crippen LogP contribution in [0.3, 0.4) is 0 Å². The average molecular weight is 465 g/mol. The number of hydrogen-bond acceptors (Lipinski definition) is 6. The minimum atomic E-state index is -5.01. The number of nitrogens with zero attached hydrogens (tertiary/aromatic N) is 5. The van der Waals surface area contributed by atoms with Crippen molar-refractivity contribution in [1.29, 1.82) is 0 Å². The van der Waals surface area contributed by atoms with Gasteiger partial charge in [0.1, 0.15) is 16.9 Å². The molecule has 0 radical (unpaired) electrons. The summed E-state index contributed by atoms with van der Waals surface area (Å²) in [5, 5.41) is 8.56. The van der Waals surface area contributed by atoms with Gasteiger partial charge in [-0.25, -0.2) is 19.2 Å². The highest BCUT2D eigenvalue weighted by Gasteiger charge is 2.41. The maximum absolute atomic E-state index is 15.2. The number of anilines is 2. The molecule has 1 aromatic carbocycles. The summed E-state index contributed by atoms with van der Waals surface area (Å²) in [6.07, 6.45) is -1.08. The van der Waals surface area contributed by atoms with E-state index in [0.29, 0.717) is 12.0 Å². The Labute approximate surface area is 184 Å². The maximum Gasteiger partial charge on any atom is 0.420 e. The number of rotatable bonds is 3. The number of piperazine rings is 1. The summed E-state index contributed by atoms with van der Waals surface area (Å²) in [5.74, 6) is -2.43. The van der Waals surface area contributed by atoms with Gasteiger partial charge in [-0.3, -0.25) is 4.79 Å². The van der Waals surface area contributed by atoms with E-state index in [-0.39, 0.29) is 25.7 Å². The Balaban J connectivity index is 1.87. The Morgan fingerprint density at radius 3 is 2.45 bits per heavy atom. The van der Waals surface area contributed by atoms with Crippen LogP contribution in [0, 0.1) is 5.82 Å². The van der Waals surface area contributed by atoms with Gasteiger partial charge < -0.3 is 19.5 Å². The second kappa shape index (κ2) is 8.01. The summed E-state index contributed by atoms with van der Waals surface area (Å²) in [5.41, 5.74) is -4.48. The fraction of sp³-hybridized carbons (Fsp3) is 0.333. The predicted molar refractivity (Wildman–Crippen MR) is 112 cm³/mol. The number of pyridine rings is 1. The highest BCUT2D eigenvalue weighted by atomic mass is 19.4. The van der Waals surface area contributed by atoms with Crippen molar-refractivity contribution >= 4 is 28.5 Å². The normalized spacial score (nSPS) is 17.0. The molecule has 1 saturated heterocycles. The number of halogens is 4. The Kier molecular flexibility index (Phi) is 5.46. The fourth-order valence-corrected chi connectivity index (χ4v) is 4.26. The standard InChI is InChI=1S/C21H19F4N5O3/c1-11-9-29(6-7-30(11)20-26-4-3-5-27-20)17-14(22)8-12-16(15(17)21(23,24)25)28(2)10-13(18(12)31)19(32)33/h3-5,8,10-11H,6-7,9H2,1-2H3,(H,32,33)/t11-/m1/s1. The van der Waals surface area contributed by atoms with Gasteiger partial charge in [-0.05, 0) is 19.1 Å². The van der Waals surface area contributed by atoms with E-state index in [2.05, 4.69) is 9.97 Å². The zero-order valence-corrected chi connectivity index (χ0v) is 17.6. The first-order valence-electron chi connectivity index (χ1n) is 9.95. The molecule has 0 bridgehead atoms. The summed E-state index contributed by atoms with van der Waals surface area (Å²) in [6, 6.07) is 1.99. The molecule has 2 aromatic heterocycles. The molecule has 1 N–H and O–H groups in total. The second-order valence-electron chi connectivity index (χ2n) is 7.80. The van der Waals surface area contributed by atoms with Gasteiger partial charge in [-0.1, -0.05) is 0 Å². The molecular formula is C21H19F4N5O3. The van der Waals surface area contributed by atoms with Gasteiger partial charge in [-0.2, -0.15) is 13.2 Å².